The zero-order chi connectivity index (χ0) is 15.7. The highest BCUT2D eigenvalue weighted by atomic mass is 19.4. The van der Waals surface area contributed by atoms with E-state index in [1.54, 1.807) is 6.20 Å². The third-order valence-corrected chi connectivity index (χ3v) is 2.59. The van der Waals surface area contributed by atoms with Crippen molar-refractivity contribution in [2.24, 2.45) is 0 Å². The van der Waals surface area contributed by atoms with Gasteiger partial charge in [0.15, 0.2) is 11.5 Å². The highest BCUT2D eigenvalue weighted by Gasteiger charge is 2.33. The fourth-order valence-corrected chi connectivity index (χ4v) is 1.55. The fourth-order valence-electron chi connectivity index (χ4n) is 1.55. The molecule has 8 heteroatoms. The molecule has 0 fully saturated rings. The van der Waals surface area contributed by atoms with Crippen molar-refractivity contribution in [2.75, 3.05) is 0 Å². The second kappa shape index (κ2) is 5.44. The second-order valence-electron chi connectivity index (χ2n) is 5.62. The third-order valence-electron chi connectivity index (χ3n) is 2.59. The Balaban J connectivity index is 2.19. The van der Waals surface area contributed by atoms with Crippen molar-refractivity contribution >= 4 is 0 Å². The Bertz CT molecular complexity index is 613. The van der Waals surface area contributed by atoms with Crippen LogP contribution in [0.25, 0.3) is 5.82 Å². The topological polar surface area (TPSA) is 55.6 Å². The lowest BCUT2D eigenvalue weighted by atomic mass is 10.1. The Kier molecular flexibility index (Phi) is 3.99. The molecule has 0 aliphatic rings. The monoisotopic (exact) mass is 299 g/mol. The molecule has 0 saturated heterocycles. The summed E-state index contributed by atoms with van der Waals surface area (Å²) < 4.78 is 38.6. The van der Waals surface area contributed by atoms with Crippen LogP contribution in [-0.2, 0) is 12.7 Å². The molecule has 0 aliphatic carbocycles. The molecule has 0 aromatic carbocycles. The molecule has 0 amide bonds. The summed E-state index contributed by atoms with van der Waals surface area (Å²) in [6, 6.07) is 0.905. The van der Waals surface area contributed by atoms with Crippen LogP contribution in [0.1, 0.15) is 32.2 Å². The van der Waals surface area contributed by atoms with Gasteiger partial charge >= 0.3 is 6.18 Å². The molecule has 2 aromatic rings. The van der Waals surface area contributed by atoms with Gasteiger partial charge in [-0.2, -0.15) is 18.3 Å². The zero-order valence-electron chi connectivity index (χ0n) is 11.9. The molecule has 2 rings (SSSR count). The van der Waals surface area contributed by atoms with Gasteiger partial charge in [-0.25, -0.2) is 9.67 Å². The Labute approximate surface area is 120 Å². The summed E-state index contributed by atoms with van der Waals surface area (Å²) in [7, 11) is 0. The first-order chi connectivity index (χ1) is 9.65. The van der Waals surface area contributed by atoms with E-state index in [0.29, 0.717) is 12.2 Å². The first-order valence-electron chi connectivity index (χ1n) is 6.34. The quantitative estimate of drug-likeness (QED) is 0.946. The van der Waals surface area contributed by atoms with E-state index < -0.39 is 11.9 Å². The molecule has 2 heterocycles. The third kappa shape index (κ3) is 4.25. The van der Waals surface area contributed by atoms with E-state index in [4.69, 9.17) is 0 Å². The number of nitrogens with one attached hydrogen (secondary N) is 1. The minimum Gasteiger partial charge on any atom is -0.306 e. The number of rotatable bonds is 3. The summed E-state index contributed by atoms with van der Waals surface area (Å²) in [5, 5.41) is 6.70. The maximum absolute atomic E-state index is 12.5. The van der Waals surface area contributed by atoms with Crippen LogP contribution in [-0.4, -0.2) is 25.3 Å². The predicted octanol–water partition coefficient (Wildman–Crippen LogP) is 2.57. The Hall–Kier alpha value is -1.96. The molecule has 1 N–H and O–H groups in total. The van der Waals surface area contributed by atoms with E-state index in [-0.39, 0.29) is 11.4 Å². The van der Waals surface area contributed by atoms with Gasteiger partial charge in [-0.05, 0) is 26.8 Å². The van der Waals surface area contributed by atoms with Crippen LogP contribution < -0.4 is 5.32 Å². The Morgan fingerprint density at radius 2 is 1.90 bits per heavy atom. The van der Waals surface area contributed by atoms with E-state index in [1.165, 1.54) is 12.4 Å². The highest BCUT2D eigenvalue weighted by molar-refractivity contribution is 5.20. The minimum absolute atomic E-state index is 0.0904. The standard InChI is InChI=1S/C13H16F3N5/c1-12(2,3)18-7-9-6-17-8-11(19-9)21-5-4-10(20-21)13(14,15)16/h4-6,8,18H,7H2,1-3H3. The van der Waals surface area contributed by atoms with E-state index in [1.807, 2.05) is 20.8 Å². The summed E-state index contributed by atoms with van der Waals surface area (Å²) in [6.07, 6.45) is -0.317. The van der Waals surface area contributed by atoms with E-state index in [9.17, 15) is 13.2 Å². The van der Waals surface area contributed by atoms with Crippen molar-refractivity contribution in [3.05, 3.63) is 36.0 Å². The molecule has 0 saturated carbocycles. The van der Waals surface area contributed by atoms with Gasteiger partial charge < -0.3 is 5.32 Å². The van der Waals surface area contributed by atoms with Gasteiger partial charge in [-0.15, -0.1) is 0 Å². The number of alkyl halides is 3. The number of nitrogens with zero attached hydrogens (tertiary/aromatic N) is 4. The second-order valence-corrected chi connectivity index (χ2v) is 5.62. The van der Waals surface area contributed by atoms with Crippen LogP contribution in [0.4, 0.5) is 13.2 Å². The molecule has 2 aromatic heterocycles. The van der Waals surface area contributed by atoms with E-state index >= 15 is 0 Å². The van der Waals surface area contributed by atoms with Crippen LogP contribution in [0.15, 0.2) is 24.7 Å². The molecule has 0 spiro atoms. The molecule has 21 heavy (non-hydrogen) atoms. The lowest BCUT2D eigenvalue weighted by Crippen LogP contribution is -2.35. The molecule has 0 unspecified atom stereocenters. The van der Waals surface area contributed by atoms with Crippen LogP contribution in [0, 0.1) is 0 Å². The molecule has 0 aliphatic heterocycles. The summed E-state index contributed by atoms with van der Waals surface area (Å²) in [5.41, 5.74) is -0.415. The van der Waals surface area contributed by atoms with E-state index in [0.717, 1.165) is 10.7 Å². The van der Waals surface area contributed by atoms with Crippen LogP contribution in [0.5, 0.6) is 0 Å². The van der Waals surface area contributed by atoms with Gasteiger partial charge in [0, 0.05) is 24.5 Å². The number of hydrogen-bond donors (Lipinski definition) is 1. The largest absolute Gasteiger partial charge is 0.435 e. The van der Waals surface area contributed by atoms with Crippen molar-refractivity contribution in [3.63, 3.8) is 0 Å². The average Bonchev–Trinajstić information content (AvgIpc) is 2.85. The number of aromatic nitrogens is 4. The molecule has 0 bridgehead atoms. The maximum atomic E-state index is 12.5. The van der Waals surface area contributed by atoms with Gasteiger partial charge in [0.2, 0.25) is 0 Å². The number of halogens is 3. The summed E-state index contributed by atoms with van der Waals surface area (Å²) in [4.78, 5) is 8.24. The first-order valence-corrected chi connectivity index (χ1v) is 6.34. The van der Waals surface area contributed by atoms with Crippen molar-refractivity contribution in [3.8, 4) is 5.82 Å². The molecule has 114 valence electrons. The SMILES string of the molecule is CC(C)(C)NCc1cncc(-n2ccc(C(F)(F)F)n2)n1. The maximum Gasteiger partial charge on any atom is 0.435 e. The minimum atomic E-state index is -4.47. The lowest BCUT2D eigenvalue weighted by Gasteiger charge is -2.20. The Morgan fingerprint density at radius 1 is 1.19 bits per heavy atom. The van der Waals surface area contributed by atoms with Crippen LogP contribution >= 0.6 is 0 Å². The summed E-state index contributed by atoms with van der Waals surface area (Å²) in [5.74, 6) is 0.249. The van der Waals surface area contributed by atoms with Crippen molar-refractivity contribution in [1.82, 2.24) is 25.1 Å². The molecular weight excluding hydrogens is 283 g/mol. The van der Waals surface area contributed by atoms with E-state index in [2.05, 4.69) is 20.4 Å². The van der Waals surface area contributed by atoms with Gasteiger partial charge in [0.25, 0.3) is 0 Å². The first kappa shape index (κ1) is 15.4. The molecule has 0 atom stereocenters. The predicted molar refractivity (Wildman–Crippen MR) is 70.7 cm³/mol. The van der Waals surface area contributed by atoms with Crippen molar-refractivity contribution in [1.29, 1.82) is 0 Å². The van der Waals surface area contributed by atoms with Gasteiger partial charge in [-0.1, -0.05) is 0 Å². The highest BCUT2D eigenvalue weighted by Crippen LogP contribution is 2.27. The number of hydrogen-bond acceptors (Lipinski definition) is 4. The molecule has 0 radical (unpaired) electrons. The van der Waals surface area contributed by atoms with Crippen molar-refractivity contribution < 1.29 is 13.2 Å². The summed E-state index contributed by atoms with van der Waals surface area (Å²) >= 11 is 0. The van der Waals surface area contributed by atoms with Crippen molar-refractivity contribution in [2.45, 2.75) is 39.0 Å². The molecule has 5 nitrogen and oxygen atoms in total. The zero-order valence-corrected chi connectivity index (χ0v) is 11.9. The van der Waals surface area contributed by atoms with Crippen LogP contribution in [0.2, 0.25) is 0 Å². The fraction of sp³-hybridized carbons (Fsp3) is 0.462. The van der Waals surface area contributed by atoms with Crippen LogP contribution in [0.3, 0.4) is 0 Å². The normalized spacial score (nSPS) is 12.7. The smallest absolute Gasteiger partial charge is 0.306 e. The Morgan fingerprint density at radius 3 is 2.48 bits per heavy atom. The van der Waals surface area contributed by atoms with Gasteiger partial charge in [0.05, 0.1) is 11.9 Å². The summed E-state index contributed by atoms with van der Waals surface area (Å²) in [6.45, 7) is 6.49. The average molecular weight is 299 g/mol. The lowest BCUT2D eigenvalue weighted by molar-refractivity contribution is -0.141. The molecular formula is C13H16F3N5. The van der Waals surface area contributed by atoms with Gasteiger partial charge in [-0.3, -0.25) is 4.98 Å². The van der Waals surface area contributed by atoms with Gasteiger partial charge in [0.1, 0.15) is 0 Å².